The van der Waals surface area contributed by atoms with Gasteiger partial charge in [-0.15, -0.1) is 0 Å². The SMILES string of the molecule is COc1c(C)c(C)cc(C)c1CN(C)CC(O)CN. The Bertz CT molecular complexity index is 433. The van der Waals surface area contributed by atoms with E-state index in [1.165, 1.54) is 22.3 Å². The lowest BCUT2D eigenvalue weighted by Crippen LogP contribution is -2.34. The van der Waals surface area contributed by atoms with Gasteiger partial charge in [-0.3, -0.25) is 4.90 Å². The van der Waals surface area contributed by atoms with Gasteiger partial charge in [0.05, 0.1) is 13.2 Å². The van der Waals surface area contributed by atoms with E-state index < -0.39 is 6.10 Å². The molecule has 19 heavy (non-hydrogen) atoms. The minimum absolute atomic E-state index is 0.285. The van der Waals surface area contributed by atoms with Crippen molar-refractivity contribution in [3.05, 3.63) is 28.3 Å². The first-order chi connectivity index (χ1) is 8.90. The zero-order valence-corrected chi connectivity index (χ0v) is 12.7. The second kappa shape index (κ2) is 6.89. The number of hydrogen-bond donors (Lipinski definition) is 2. The number of nitrogens with two attached hydrogens (primary N) is 1. The first-order valence-corrected chi connectivity index (χ1v) is 6.61. The summed E-state index contributed by atoms with van der Waals surface area (Å²) in [5.41, 5.74) is 10.3. The van der Waals surface area contributed by atoms with Crippen molar-refractivity contribution in [2.24, 2.45) is 5.73 Å². The first kappa shape index (κ1) is 16.0. The van der Waals surface area contributed by atoms with E-state index in [0.717, 1.165) is 12.3 Å². The summed E-state index contributed by atoms with van der Waals surface area (Å²) in [4.78, 5) is 2.07. The van der Waals surface area contributed by atoms with Crippen LogP contribution in [0.25, 0.3) is 0 Å². The van der Waals surface area contributed by atoms with E-state index in [0.29, 0.717) is 6.54 Å². The van der Waals surface area contributed by atoms with Gasteiger partial charge in [0.2, 0.25) is 0 Å². The molecule has 1 aromatic rings. The van der Waals surface area contributed by atoms with Crippen LogP contribution in [0.4, 0.5) is 0 Å². The number of aliphatic hydroxyl groups is 1. The molecular weight excluding hydrogens is 240 g/mol. The van der Waals surface area contributed by atoms with Crippen molar-refractivity contribution in [1.82, 2.24) is 4.90 Å². The lowest BCUT2D eigenvalue weighted by Gasteiger charge is -2.23. The fourth-order valence-electron chi connectivity index (χ4n) is 2.35. The third-order valence-electron chi connectivity index (χ3n) is 3.54. The molecule has 0 saturated heterocycles. The van der Waals surface area contributed by atoms with Gasteiger partial charge in [0.25, 0.3) is 0 Å². The van der Waals surface area contributed by atoms with Gasteiger partial charge in [-0.2, -0.15) is 0 Å². The maximum absolute atomic E-state index is 9.60. The van der Waals surface area contributed by atoms with Gasteiger partial charge in [-0.05, 0) is 44.5 Å². The molecule has 0 aromatic heterocycles. The third-order valence-corrected chi connectivity index (χ3v) is 3.54. The molecule has 1 atom stereocenters. The number of benzene rings is 1. The predicted molar refractivity (Wildman–Crippen MR) is 78.6 cm³/mol. The maximum atomic E-state index is 9.60. The lowest BCUT2D eigenvalue weighted by atomic mass is 9.98. The number of likely N-dealkylation sites (N-methyl/N-ethyl adjacent to an activating group) is 1. The van der Waals surface area contributed by atoms with E-state index in [4.69, 9.17) is 10.5 Å². The van der Waals surface area contributed by atoms with E-state index in [2.05, 4.69) is 31.7 Å². The standard InChI is InChI=1S/C15H26N2O2/c1-10-6-11(2)14(15(19-5)12(10)3)9-17(4)8-13(18)7-16/h6,13,18H,7-9,16H2,1-5H3. The van der Waals surface area contributed by atoms with Crippen molar-refractivity contribution < 1.29 is 9.84 Å². The minimum atomic E-state index is -0.483. The highest BCUT2D eigenvalue weighted by molar-refractivity contribution is 5.49. The molecule has 0 aliphatic rings. The zero-order chi connectivity index (χ0) is 14.6. The van der Waals surface area contributed by atoms with Crippen LogP contribution in [0.2, 0.25) is 0 Å². The van der Waals surface area contributed by atoms with E-state index in [-0.39, 0.29) is 6.54 Å². The molecule has 3 N–H and O–H groups in total. The lowest BCUT2D eigenvalue weighted by molar-refractivity contribution is 0.129. The van der Waals surface area contributed by atoms with Gasteiger partial charge in [0.15, 0.2) is 0 Å². The van der Waals surface area contributed by atoms with E-state index in [1.54, 1.807) is 7.11 Å². The largest absolute Gasteiger partial charge is 0.496 e. The Morgan fingerprint density at radius 3 is 2.47 bits per heavy atom. The topological polar surface area (TPSA) is 58.7 Å². The molecule has 1 aromatic carbocycles. The summed E-state index contributed by atoms with van der Waals surface area (Å²) in [6.07, 6.45) is -0.483. The molecule has 0 heterocycles. The molecule has 4 heteroatoms. The summed E-state index contributed by atoms with van der Waals surface area (Å²) in [6.45, 7) is 7.85. The van der Waals surface area contributed by atoms with Gasteiger partial charge in [0.1, 0.15) is 5.75 Å². The van der Waals surface area contributed by atoms with E-state index in [9.17, 15) is 5.11 Å². The molecule has 0 fully saturated rings. The molecule has 0 bridgehead atoms. The first-order valence-electron chi connectivity index (χ1n) is 6.61. The fourth-order valence-corrected chi connectivity index (χ4v) is 2.35. The Kier molecular flexibility index (Phi) is 5.79. The number of rotatable bonds is 6. The summed E-state index contributed by atoms with van der Waals surface area (Å²) < 4.78 is 5.56. The molecule has 1 unspecified atom stereocenters. The normalized spacial score (nSPS) is 12.8. The quantitative estimate of drug-likeness (QED) is 0.816. The van der Waals surface area contributed by atoms with Crippen LogP contribution in [-0.4, -0.2) is 43.4 Å². The van der Waals surface area contributed by atoms with Crippen molar-refractivity contribution in [2.45, 2.75) is 33.4 Å². The van der Waals surface area contributed by atoms with Crippen molar-refractivity contribution in [1.29, 1.82) is 0 Å². The predicted octanol–water partition coefficient (Wildman–Crippen LogP) is 1.37. The molecule has 0 radical (unpaired) electrons. The van der Waals surface area contributed by atoms with Crippen LogP contribution in [0, 0.1) is 20.8 Å². The average Bonchev–Trinajstić information content (AvgIpc) is 2.36. The maximum Gasteiger partial charge on any atom is 0.126 e. The van der Waals surface area contributed by atoms with Crippen LogP contribution >= 0.6 is 0 Å². The number of nitrogens with zero attached hydrogens (tertiary/aromatic N) is 1. The molecular formula is C15H26N2O2. The third kappa shape index (κ3) is 3.93. The summed E-state index contributed by atoms with van der Waals surface area (Å²) in [5, 5.41) is 9.60. The fraction of sp³-hybridized carbons (Fsp3) is 0.600. The molecule has 0 aliphatic carbocycles. The average molecular weight is 266 g/mol. The Labute approximate surface area is 116 Å². The number of hydrogen-bond acceptors (Lipinski definition) is 4. The highest BCUT2D eigenvalue weighted by Gasteiger charge is 2.15. The number of aryl methyl sites for hydroxylation is 2. The zero-order valence-electron chi connectivity index (χ0n) is 12.7. The van der Waals surface area contributed by atoms with E-state index >= 15 is 0 Å². The number of ether oxygens (including phenoxy) is 1. The number of methoxy groups -OCH3 is 1. The molecule has 0 amide bonds. The van der Waals surface area contributed by atoms with Crippen LogP contribution in [0.1, 0.15) is 22.3 Å². The highest BCUT2D eigenvalue weighted by atomic mass is 16.5. The van der Waals surface area contributed by atoms with Crippen molar-refractivity contribution >= 4 is 0 Å². The Morgan fingerprint density at radius 2 is 1.95 bits per heavy atom. The molecule has 0 aliphatic heterocycles. The molecule has 0 spiro atoms. The molecule has 4 nitrogen and oxygen atoms in total. The Balaban J connectivity index is 2.97. The van der Waals surface area contributed by atoms with Crippen molar-refractivity contribution in [2.75, 3.05) is 27.2 Å². The second-order valence-corrected chi connectivity index (χ2v) is 5.23. The summed E-state index contributed by atoms with van der Waals surface area (Å²) in [6, 6.07) is 2.18. The van der Waals surface area contributed by atoms with Crippen LogP contribution in [0.15, 0.2) is 6.07 Å². The summed E-state index contributed by atoms with van der Waals surface area (Å²) in [5.74, 6) is 0.951. The van der Waals surface area contributed by atoms with E-state index in [1.807, 2.05) is 7.05 Å². The van der Waals surface area contributed by atoms with Crippen molar-refractivity contribution in [3.8, 4) is 5.75 Å². The molecule has 108 valence electrons. The highest BCUT2D eigenvalue weighted by Crippen LogP contribution is 2.30. The van der Waals surface area contributed by atoms with Gasteiger partial charge in [-0.25, -0.2) is 0 Å². The minimum Gasteiger partial charge on any atom is -0.496 e. The van der Waals surface area contributed by atoms with Gasteiger partial charge >= 0.3 is 0 Å². The monoisotopic (exact) mass is 266 g/mol. The van der Waals surface area contributed by atoms with Gasteiger partial charge in [-0.1, -0.05) is 6.07 Å². The summed E-state index contributed by atoms with van der Waals surface area (Å²) >= 11 is 0. The smallest absolute Gasteiger partial charge is 0.126 e. The van der Waals surface area contributed by atoms with Crippen LogP contribution in [0.5, 0.6) is 5.75 Å². The van der Waals surface area contributed by atoms with Crippen LogP contribution in [-0.2, 0) is 6.54 Å². The van der Waals surface area contributed by atoms with Crippen LogP contribution in [0.3, 0.4) is 0 Å². The van der Waals surface area contributed by atoms with Crippen LogP contribution < -0.4 is 10.5 Å². The summed E-state index contributed by atoms with van der Waals surface area (Å²) in [7, 11) is 3.69. The second-order valence-electron chi connectivity index (χ2n) is 5.23. The Morgan fingerprint density at radius 1 is 1.32 bits per heavy atom. The molecule has 0 saturated carbocycles. The number of aliphatic hydroxyl groups excluding tert-OH is 1. The van der Waals surface area contributed by atoms with Crippen molar-refractivity contribution in [3.63, 3.8) is 0 Å². The van der Waals surface area contributed by atoms with Gasteiger partial charge < -0.3 is 15.6 Å². The Hall–Kier alpha value is -1.10. The van der Waals surface area contributed by atoms with Gasteiger partial charge in [0, 0.05) is 25.2 Å². The molecule has 1 rings (SSSR count).